The number of methoxy groups -OCH3 is 2. The molecule has 0 aliphatic rings. The number of hydrogen-bond donors (Lipinski definition) is 1. The van der Waals surface area contributed by atoms with Crippen LogP contribution < -0.4 is 15.2 Å². The van der Waals surface area contributed by atoms with Crippen molar-refractivity contribution in [3.8, 4) is 11.5 Å². The van der Waals surface area contributed by atoms with Gasteiger partial charge in [0.15, 0.2) is 11.5 Å². The molecular weight excluding hydrogens is 252 g/mol. The van der Waals surface area contributed by atoms with Crippen LogP contribution in [0.5, 0.6) is 11.5 Å². The molecule has 1 rings (SSSR count). The van der Waals surface area contributed by atoms with Crippen LogP contribution in [0.4, 0.5) is 0 Å². The Bertz CT molecular complexity index is 396. The maximum Gasteiger partial charge on any atom is 0.165 e. The van der Waals surface area contributed by atoms with Crippen LogP contribution >= 0.6 is 0 Å². The fraction of sp³-hybridized carbons (Fsp3) is 0.625. The molecule has 0 bridgehead atoms. The Kier molecular flexibility index (Phi) is 7.41. The van der Waals surface area contributed by atoms with Crippen molar-refractivity contribution in [3.05, 3.63) is 23.8 Å². The minimum atomic E-state index is 0.164. The molecule has 2 N–H and O–H groups in total. The monoisotopic (exact) mass is 280 g/mol. The Morgan fingerprint density at radius 2 is 1.95 bits per heavy atom. The van der Waals surface area contributed by atoms with Gasteiger partial charge in [0, 0.05) is 12.1 Å². The fourth-order valence-electron chi connectivity index (χ4n) is 2.54. The lowest BCUT2D eigenvalue weighted by Gasteiger charge is -2.31. The lowest BCUT2D eigenvalue weighted by atomic mass is 10.0. The van der Waals surface area contributed by atoms with Gasteiger partial charge >= 0.3 is 0 Å². The van der Waals surface area contributed by atoms with Gasteiger partial charge in [-0.05, 0) is 25.6 Å². The van der Waals surface area contributed by atoms with Crippen LogP contribution in [0.1, 0.15) is 38.3 Å². The Balaban J connectivity index is 3.09. The van der Waals surface area contributed by atoms with Crippen LogP contribution in [0.3, 0.4) is 0 Å². The summed E-state index contributed by atoms with van der Waals surface area (Å²) in [5.74, 6) is 1.55. The predicted octanol–water partition coefficient (Wildman–Crippen LogP) is 2.83. The summed E-state index contributed by atoms with van der Waals surface area (Å²) in [6, 6.07) is 6.15. The molecule has 4 heteroatoms. The highest BCUT2D eigenvalue weighted by Crippen LogP contribution is 2.36. The van der Waals surface area contributed by atoms with Gasteiger partial charge < -0.3 is 15.2 Å². The highest BCUT2D eigenvalue weighted by molar-refractivity contribution is 5.48. The van der Waals surface area contributed by atoms with Gasteiger partial charge in [0.1, 0.15) is 0 Å². The fourth-order valence-corrected chi connectivity index (χ4v) is 2.54. The first-order chi connectivity index (χ1) is 9.73. The van der Waals surface area contributed by atoms with Crippen molar-refractivity contribution in [3.63, 3.8) is 0 Å². The molecule has 4 nitrogen and oxygen atoms in total. The molecule has 0 heterocycles. The molecule has 1 aromatic carbocycles. The standard InChI is InChI=1S/C16H28N2O2/c1-5-7-11-18(6-2)14(12-17)13-9-8-10-15(19-3)16(13)20-4/h8-10,14H,5-7,11-12,17H2,1-4H3. The van der Waals surface area contributed by atoms with Gasteiger partial charge in [-0.2, -0.15) is 0 Å². The van der Waals surface area contributed by atoms with Gasteiger partial charge in [0.05, 0.1) is 20.3 Å². The van der Waals surface area contributed by atoms with Gasteiger partial charge in [-0.15, -0.1) is 0 Å². The first kappa shape index (κ1) is 16.8. The van der Waals surface area contributed by atoms with Crippen molar-refractivity contribution in [2.75, 3.05) is 33.9 Å². The summed E-state index contributed by atoms with van der Waals surface area (Å²) in [5, 5.41) is 0. The zero-order chi connectivity index (χ0) is 15.0. The lowest BCUT2D eigenvalue weighted by Crippen LogP contribution is -2.34. The van der Waals surface area contributed by atoms with E-state index in [9.17, 15) is 0 Å². The average molecular weight is 280 g/mol. The molecule has 0 aliphatic carbocycles. The van der Waals surface area contributed by atoms with Crippen molar-refractivity contribution >= 4 is 0 Å². The van der Waals surface area contributed by atoms with Crippen LogP contribution in [0.25, 0.3) is 0 Å². The van der Waals surface area contributed by atoms with Crippen molar-refractivity contribution in [1.29, 1.82) is 0 Å². The van der Waals surface area contributed by atoms with Crippen LogP contribution in [0.2, 0.25) is 0 Å². The number of likely N-dealkylation sites (N-methyl/N-ethyl adjacent to an activating group) is 1. The highest BCUT2D eigenvalue weighted by Gasteiger charge is 2.22. The second kappa shape index (κ2) is 8.82. The summed E-state index contributed by atoms with van der Waals surface area (Å²) in [7, 11) is 3.34. The second-order valence-electron chi connectivity index (χ2n) is 4.82. The SMILES string of the molecule is CCCCN(CC)C(CN)c1cccc(OC)c1OC. The topological polar surface area (TPSA) is 47.7 Å². The predicted molar refractivity (Wildman–Crippen MR) is 83.5 cm³/mol. The third-order valence-electron chi connectivity index (χ3n) is 3.66. The molecular formula is C16H28N2O2. The summed E-state index contributed by atoms with van der Waals surface area (Å²) in [4.78, 5) is 2.40. The third kappa shape index (κ3) is 3.87. The Labute approximate surface area is 122 Å². The molecule has 1 unspecified atom stereocenters. The Morgan fingerprint density at radius 1 is 1.20 bits per heavy atom. The van der Waals surface area contributed by atoms with Crippen molar-refractivity contribution in [1.82, 2.24) is 4.90 Å². The third-order valence-corrected chi connectivity index (χ3v) is 3.66. The van der Waals surface area contributed by atoms with Gasteiger partial charge in [-0.3, -0.25) is 4.90 Å². The van der Waals surface area contributed by atoms with Gasteiger partial charge in [-0.1, -0.05) is 32.4 Å². The van der Waals surface area contributed by atoms with E-state index < -0.39 is 0 Å². The molecule has 0 fully saturated rings. The zero-order valence-electron chi connectivity index (χ0n) is 13.2. The molecule has 0 aromatic heterocycles. The van der Waals surface area contributed by atoms with Gasteiger partial charge in [0.25, 0.3) is 0 Å². The molecule has 1 atom stereocenters. The number of nitrogens with zero attached hydrogens (tertiary/aromatic N) is 1. The van der Waals surface area contributed by atoms with E-state index in [1.165, 1.54) is 12.8 Å². The highest BCUT2D eigenvalue weighted by atomic mass is 16.5. The molecule has 0 saturated carbocycles. The van der Waals surface area contributed by atoms with Crippen LogP contribution in [0, 0.1) is 0 Å². The number of rotatable bonds is 9. The van der Waals surface area contributed by atoms with E-state index in [2.05, 4.69) is 24.8 Å². The lowest BCUT2D eigenvalue weighted by molar-refractivity contribution is 0.204. The largest absolute Gasteiger partial charge is 0.493 e. The number of nitrogens with two attached hydrogens (primary N) is 1. The number of benzene rings is 1. The summed E-state index contributed by atoms with van der Waals surface area (Å²) >= 11 is 0. The maximum absolute atomic E-state index is 6.03. The van der Waals surface area contributed by atoms with E-state index in [0.717, 1.165) is 30.2 Å². The van der Waals surface area contributed by atoms with Crippen LogP contribution in [-0.4, -0.2) is 38.8 Å². The van der Waals surface area contributed by atoms with Crippen molar-refractivity contribution < 1.29 is 9.47 Å². The molecule has 0 saturated heterocycles. The molecule has 0 amide bonds. The molecule has 0 spiro atoms. The summed E-state index contributed by atoms with van der Waals surface area (Å²) < 4.78 is 10.9. The van der Waals surface area contributed by atoms with E-state index in [1.54, 1.807) is 14.2 Å². The van der Waals surface area contributed by atoms with E-state index in [0.29, 0.717) is 6.54 Å². The van der Waals surface area contributed by atoms with E-state index >= 15 is 0 Å². The zero-order valence-corrected chi connectivity index (χ0v) is 13.2. The summed E-state index contributed by atoms with van der Waals surface area (Å²) in [6.07, 6.45) is 2.36. The smallest absolute Gasteiger partial charge is 0.165 e. The average Bonchev–Trinajstić information content (AvgIpc) is 2.50. The number of hydrogen-bond acceptors (Lipinski definition) is 4. The Hall–Kier alpha value is -1.26. The van der Waals surface area contributed by atoms with E-state index in [4.69, 9.17) is 15.2 Å². The summed E-state index contributed by atoms with van der Waals surface area (Å²) in [5.41, 5.74) is 7.13. The van der Waals surface area contributed by atoms with Crippen LogP contribution in [-0.2, 0) is 0 Å². The van der Waals surface area contributed by atoms with Gasteiger partial charge in [-0.25, -0.2) is 0 Å². The molecule has 0 radical (unpaired) electrons. The minimum absolute atomic E-state index is 0.164. The Morgan fingerprint density at radius 3 is 2.45 bits per heavy atom. The first-order valence-electron chi connectivity index (χ1n) is 7.38. The normalized spacial score (nSPS) is 12.5. The maximum atomic E-state index is 6.03. The quantitative estimate of drug-likeness (QED) is 0.755. The molecule has 20 heavy (non-hydrogen) atoms. The number of para-hydroxylation sites is 1. The van der Waals surface area contributed by atoms with Crippen molar-refractivity contribution in [2.24, 2.45) is 5.73 Å². The van der Waals surface area contributed by atoms with Crippen molar-refractivity contribution in [2.45, 2.75) is 32.7 Å². The first-order valence-corrected chi connectivity index (χ1v) is 7.38. The minimum Gasteiger partial charge on any atom is -0.493 e. The number of unbranched alkanes of at least 4 members (excludes halogenated alkanes) is 1. The number of ether oxygens (including phenoxy) is 2. The van der Waals surface area contributed by atoms with E-state index in [1.807, 2.05) is 12.1 Å². The summed E-state index contributed by atoms with van der Waals surface area (Å²) in [6.45, 7) is 6.97. The molecule has 114 valence electrons. The van der Waals surface area contributed by atoms with Gasteiger partial charge in [0.2, 0.25) is 0 Å². The second-order valence-corrected chi connectivity index (χ2v) is 4.82. The molecule has 1 aromatic rings. The van der Waals surface area contributed by atoms with E-state index in [-0.39, 0.29) is 6.04 Å². The van der Waals surface area contributed by atoms with Crippen LogP contribution in [0.15, 0.2) is 18.2 Å². The molecule has 0 aliphatic heterocycles.